The van der Waals surface area contributed by atoms with Crippen molar-refractivity contribution in [1.82, 2.24) is 5.32 Å². The summed E-state index contributed by atoms with van der Waals surface area (Å²) in [6.45, 7) is 6.09. The third-order valence-corrected chi connectivity index (χ3v) is 6.06. The molecule has 1 amide bonds. The Balaban J connectivity index is 2.10. The predicted octanol–water partition coefficient (Wildman–Crippen LogP) is 3.70. The lowest BCUT2D eigenvalue weighted by molar-refractivity contribution is -0.122. The Hall–Kier alpha value is -2.25. The van der Waals surface area contributed by atoms with E-state index in [4.69, 9.17) is 16.3 Å². The van der Waals surface area contributed by atoms with Crippen LogP contribution in [0, 0.1) is 13.8 Å². The second-order valence-corrected chi connectivity index (χ2v) is 9.09. The Labute approximate surface area is 177 Å². The fourth-order valence-corrected chi connectivity index (χ4v) is 4.33. The van der Waals surface area contributed by atoms with E-state index in [0.717, 1.165) is 17.4 Å². The highest BCUT2D eigenvalue weighted by molar-refractivity contribution is 7.92. The van der Waals surface area contributed by atoms with Gasteiger partial charge in [0.2, 0.25) is 15.9 Å². The normalized spacial score (nSPS) is 12.3. The Morgan fingerprint density at radius 1 is 1.17 bits per heavy atom. The van der Waals surface area contributed by atoms with Gasteiger partial charge in [0.1, 0.15) is 18.4 Å². The van der Waals surface area contributed by atoms with Crippen LogP contribution in [0.1, 0.15) is 24.5 Å². The number of nitrogens with zero attached hydrogens (tertiary/aromatic N) is 1. The first-order chi connectivity index (χ1) is 13.6. The minimum absolute atomic E-state index is 0.217. The van der Waals surface area contributed by atoms with E-state index in [1.54, 1.807) is 43.3 Å². The second-order valence-electron chi connectivity index (χ2n) is 6.82. The highest BCUT2D eigenvalue weighted by Crippen LogP contribution is 2.25. The van der Waals surface area contributed by atoms with Crippen molar-refractivity contribution >= 4 is 33.2 Å². The smallest absolute Gasteiger partial charge is 0.244 e. The number of hydrogen-bond donors (Lipinski definition) is 1. The van der Waals surface area contributed by atoms with Crippen LogP contribution in [0.3, 0.4) is 0 Å². The number of carbonyl (C=O) groups excluding carboxylic acids is 1. The zero-order chi connectivity index (χ0) is 21.6. The van der Waals surface area contributed by atoms with Gasteiger partial charge in [-0.05, 0) is 55.7 Å². The minimum Gasteiger partial charge on any atom is -0.490 e. The number of carbonyl (C=O) groups is 1. The number of anilines is 1. The van der Waals surface area contributed by atoms with Crippen LogP contribution < -0.4 is 14.4 Å². The molecule has 0 fully saturated rings. The molecule has 0 saturated carbocycles. The van der Waals surface area contributed by atoms with Gasteiger partial charge < -0.3 is 10.1 Å². The quantitative estimate of drug-likeness (QED) is 0.606. The van der Waals surface area contributed by atoms with Crippen LogP contribution in [0.25, 0.3) is 0 Å². The molecule has 0 aliphatic rings. The summed E-state index contributed by atoms with van der Waals surface area (Å²) in [7, 11) is -3.66. The predicted molar refractivity (Wildman–Crippen MR) is 117 cm³/mol. The fourth-order valence-electron chi connectivity index (χ4n) is 2.94. The van der Waals surface area contributed by atoms with E-state index in [0.29, 0.717) is 22.9 Å². The van der Waals surface area contributed by atoms with Crippen molar-refractivity contribution in [3.63, 3.8) is 0 Å². The van der Waals surface area contributed by atoms with Gasteiger partial charge in [-0.2, -0.15) is 0 Å². The number of benzene rings is 2. The van der Waals surface area contributed by atoms with Gasteiger partial charge in [0.25, 0.3) is 0 Å². The minimum atomic E-state index is -3.66. The van der Waals surface area contributed by atoms with E-state index >= 15 is 0 Å². The summed E-state index contributed by atoms with van der Waals surface area (Å²) in [6, 6.07) is 11.6. The van der Waals surface area contributed by atoms with Crippen LogP contribution in [0.2, 0.25) is 5.02 Å². The van der Waals surface area contributed by atoms with Crippen molar-refractivity contribution in [1.29, 1.82) is 0 Å². The van der Waals surface area contributed by atoms with Crippen molar-refractivity contribution in [3.8, 4) is 5.75 Å². The maximum Gasteiger partial charge on any atom is 0.244 e. The first kappa shape index (κ1) is 23.0. The van der Waals surface area contributed by atoms with Gasteiger partial charge >= 0.3 is 0 Å². The topological polar surface area (TPSA) is 75.7 Å². The van der Waals surface area contributed by atoms with E-state index in [9.17, 15) is 13.2 Å². The molecule has 0 aromatic heterocycles. The third kappa shape index (κ3) is 6.11. The molecule has 8 heteroatoms. The zero-order valence-corrected chi connectivity index (χ0v) is 18.7. The molecule has 29 heavy (non-hydrogen) atoms. The Kier molecular flexibility index (Phi) is 7.93. The molecule has 6 nitrogen and oxygen atoms in total. The largest absolute Gasteiger partial charge is 0.490 e. The van der Waals surface area contributed by atoms with Crippen LogP contribution in [0.4, 0.5) is 5.69 Å². The standard InChI is InChI=1S/C21H27ClN2O4S/c1-5-19(21(25)23-12-13-28-20-9-7-6-8-18(20)22)24(29(4,26)27)17-11-10-15(2)16(3)14-17/h6-11,14,19H,5,12-13H2,1-4H3,(H,23,25)/t19-/m1/s1. The van der Waals surface area contributed by atoms with Crippen molar-refractivity contribution in [2.45, 2.75) is 33.2 Å². The lowest BCUT2D eigenvalue weighted by Gasteiger charge is -2.30. The van der Waals surface area contributed by atoms with Crippen molar-refractivity contribution < 1.29 is 17.9 Å². The van der Waals surface area contributed by atoms with E-state index in [1.807, 2.05) is 19.9 Å². The second kappa shape index (κ2) is 9.98. The van der Waals surface area contributed by atoms with Crippen molar-refractivity contribution in [2.75, 3.05) is 23.7 Å². The maximum absolute atomic E-state index is 12.8. The summed E-state index contributed by atoms with van der Waals surface area (Å²) in [5, 5.41) is 3.25. The maximum atomic E-state index is 12.8. The van der Waals surface area contributed by atoms with E-state index in [-0.39, 0.29) is 19.1 Å². The van der Waals surface area contributed by atoms with Gasteiger partial charge in [-0.1, -0.05) is 36.7 Å². The first-order valence-electron chi connectivity index (χ1n) is 9.36. The molecule has 1 atom stereocenters. The molecule has 0 bridgehead atoms. The molecule has 0 unspecified atom stereocenters. The third-order valence-electron chi connectivity index (χ3n) is 4.57. The summed E-state index contributed by atoms with van der Waals surface area (Å²) in [4.78, 5) is 12.8. The summed E-state index contributed by atoms with van der Waals surface area (Å²) in [5.74, 6) is 0.155. The number of para-hydroxylation sites is 1. The number of nitrogens with one attached hydrogen (secondary N) is 1. The van der Waals surface area contributed by atoms with Crippen molar-refractivity contribution in [2.24, 2.45) is 0 Å². The number of ether oxygens (including phenoxy) is 1. The van der Waals surface area contributed by atoms with Crippen LogP contribution >= 0.6 is 11.6 Å². The lowest BCUT2D eigenvalue weighted by Crippen LogP contribution is -2.50. The van der Waals surface area contributed by atoms with Crippen LogP contribution in [-0.2, 0) is 14.8 Å². The molecule has 2 aromatic rings. The summed E-state index contributed by atoms with van der Waals surface area (Å²) in [6.07, 6.45) is 1.44. The van der Waals surface area contributed by atoms with Crippen LogP contribution in [0.15, 0.2) is 42.5 Å². The highest BCUT2D eigenvalue weighted by Gasteiger charge is 2.31. The van der Waals surface area contributed by atoms with E-state index in [1.165, 1.54) is 4.31 Å². The number of hydrogen-bond acceptors (Lipinski definition) is 4. The number of halogens is 1. The van der Waals surface area contributed by atoms with Gasteiger partial charge in [-0.15, -0.1) is 0 Å². The van der Waals surface area contributed by atoms with Gasteiger partial charge in [-0.25, -0.2) is 8.42 Å². The summed E-state index contributed by atoms with van der Waals surface area (Å²) in [5.41, 5.74) is 2.49. The molecular weight excluding hydrogens is 412 g/mol. The van der Waals surface area contributed by atoms with Gasteiger partial charge in [-0.3, -0.25) is 9.10 Å². The Bertz CT molecular complexity index is 963. The number of amides is 1. The average molecular weight is 439 g/mol. The Morgan fingerprint density at radius 2 is 1.86 bits per heavy atom. The molecule has 0 aliphatic heterocycles. The number of rotatable bonds is 9. The summed E-state index contributed by atoms with van der Waals surface area (Å²) < 4.78 is 31.7. The molecule has 158 valence electrons. The molecule has 2 rings (SSSR count). The van der Waals surface area contributed by atoms with Gasteiger partial charge in [0.15, 0.2) is 0 Å². The van der Waals surface area contributed by atoms with Crippen LogP contribution in [0.5, 0.6) is 5.75 Å². The molecule has 0 radical (unpaired) electrons. The van der Waals surface area contributed by atoms with Gasteiger partial charge in [0, 0.05) is 0 Å². The fraction of sp³-hybridized carbons (Fsp3) is 0.381. The Morgan fingerprint density at radius 3 is 2.45 bits per heavy atom. The first-order valence-corrected chi connectivity index (χ1v) is 11.6. The van der Waals surface area contributed by atoms with Gasteiger partial charge in [0.05, 0.1) is 23.5 Å². The average Bonchev–Trinajstić information content (AvgIpc) is 2.65. The molecule has 0 aliphatic carbocycles. The van der Waals surface area contributed by atoms with E-state index < -0.39 is 16.1 Å². The van der Waals surface area contributed by atoms with Crippen molar-refractivity contribution in [3.05, 3.63) is 58.6 Å². The zero-order valence-electron chi connectivity index (χ0n) is 17.1. The molecule has 0 saturated heterocycles. The lowest BCUT2D eigenvalue weighted by atomic mass is 10.1. The molecule has 1 N–H and O–H groups in total. The van der Waals surface area contributed by atoms with E-state index in [2.05, 4.69) is 5.32 Å². The number of sulfonamides is 1. The SMILES string of the molecule is CC[C@H](C(=O)NCCOc1ccccc1Cl)N(c1ccc(C)c(C)c1)S(C)(=O)=O. The molecule has 2 aromatic carbocycles. The highest BCUT2D eigenvalue weighted by atomic mass is 35.5. The molecule has 0 spiro atoms. The summed E-state index contributed by atoms with van der Waals surface area (Å²) >= 11 is 6.04. The molecule has 0 heterocycles. The molecular formula is C21H27ClN2O4S. The monoisotopic (exact) mass is 438 g/mol. The number of aryl methyl sites for hydroxylation is 2. The van der Waals surface area contributed by atoms with Crippen LogP contribution in [-0.4, -0.2) is 39.8 Å².